The second-order valence-corrected chi connectivity index (χ2v) is 5.73. The van der Waals surface area contributed by atoms with Gasteiger partial charge in [0.2, 0.25) is 0 Å². The van der Waals surface area contributed by atoms with E-state index in [-0.39, 0.29) is 19.0 Å². The molecule has 6 heteroatoms. The molecule has 2 aromatic rings. The molecule has 0 spiro atoms. The summed E-state index contributed by atoms with van der Waals surface area (Å²) in [5.74, 6) is 0.787. The van der Waals surface area contributed by atoms with Gasteiger partial charge in [0.1, 0.15) is 19.0 Å². The molecule has 6 nitrogen and oxygen atoms in total. The second kappa shape index (κ2) is 8.38. The predicted octanol–water partition coefficient (Wildman–Crippen LogP) is 2.83. The van der Waals surface area contributed by atoms with Crippen LogP contribution >= 0.6 is 0 Å². The van der Waals surface area contributed by atoms with Crippen molar-refractivity contribution in [1.29, 1.82) is 0 Å². The van der Waals surface area contributed by atoms with Crippen molar-refractivity contribution in [2.75, 3.05) is 26.4 Å². The molecule has 3 rings (SSSR count). The Bertz CT molecular complexity index is 781. The van der Waals surface area contributed by atoms with Crippen molar-refractivity contribution in [2.45, 2.75) is 13.3 Å². The molecular formula is C20H20O6. The SMILES string of the molecule is CCc1ccc(OCC(=O)OCC(=O)c2ccc3c(c2)OCCO3)cc1. The standard InChI is InChI=1S/C20H20O6/c1-2-14-3-6-16(7-4-14)25-13-20(22)26-12-17(21)15-5-8-18-19(11-15)24-10-9-23-18/h3-8,11H,2,9-10,12-13H2,1H3. The summed E-state index contributed by atoms with van der Waals surface area (Å²) >= 11 is 0. The minimum absolute atomic E-state index is 0.250. The maximum atomic E-state index is 12.2. The topological polar surface area (TPSA) is 71.1 Å². The van der Waals surface area contributed by atoms with Crippen molar-refractivity contribution in [2.24, 2.45) is 0 Å². The number of aryl methyl sites for hydroxylation is 1. The van der Waals surface area contributed by atoms with Crippen LogP contribution in [0.1, 0.15) is 22.8 Å². The van der Waals surface area contributed by atoms with Crippen LogP contribution in [-0.2, 0) is 16.0 Å². The van der Waals surface area contributed by atoms with Gasteiger partial charge in [0.25, 0.3) is 0 Å². The predicted molar refractivity (Wildman–Crippen MR) is 94.0 cm³/mol. The fraction of sp³-hybridized carbons (Fsp3) is 0.300. The van der Waals surface area contributed by atoms with Crippen molar-refractivity contribution >= 4 is 11.8 Å². The van der Waals surface area contributed by atoms with Gasteiger partial charge in [0, 0.05) is 5.56 Å². The summed E-state index contributed by atoms with van der Waals surface area (Å²) in [6.45, 7) is 2.39. The third-order valence-electron chi connectivity index (χ3n) is 3.92. The quantitative estimate of drug-likeness (QED) is 0.561. The summed E-state index contributed by atoms with van der Waals surface area (Å²) in [6, 6.07) is 12.4. The van der Waals surface area contributed by atoms with Crippen molar-refractivity contribution in [1.82, 2.24) is 0 Å². The van der Waals surface area contributed by atoms with E-state index >= 15 is 0 Å². The number of esters is 1. The Kier molecular flexibility index (Phi) is 5.73. The normalized spacial score (nSPS) is 12.3. The van der Waals surface area contributed by atoms with Gasteiger partial charge in [-0.3, -0.25) is 4.79 Å². The van der Waals surface area contributed by atoms with E-state index in [0.29, 0.717) is 36.0 Å². The second-order valence-electron chi connectivity index (χ2n) is 5.73. The molecule has 0 radical (unpaired) electrons. The molecule has 0 N–H and O–H groups in total. The Labute approximate surface area is 151 Å². The average Bonchev–Trinajstić information content (AvgIpc) is 2.70. The molecule has 0 amide bonds. The van der Waals surface area contributed by atoms with Gasteiger partial charge in [-0.15, -0.1) is 0 Å². The summed E-state index contributed by atoms with van der Waals surface area (Å²) in [5, 5.41) is 0. The highest BCUT2D eigenvalue weighted by Crippen LogP contribution is 2.30. The largest absolute Gasteiger partial charge is 0.486 e. The van der Waals surface area contributed by atoms with Crippen molar-refractivity contribution < 1.29 is 28.5 Å². The molecule has 0 aromatic heterocycles. The van der Waals surface area contributed by atoms with Gasteiger partial charge in [-0.2, -0.15) is 0 Å². The lowest BCUT2D eigenvalue weighted by molar-refractivity contribution is -0.144. The summed E-state index contributed by atoms with van der Waals surface area (Å²) in [5.41, 5.74) is 1.59. The van der Waals surface area contributed by atoms with Gasteiger partial charge in [0.15, 0.2) is 30.5 Å². The highest BCUT2D eigenvalue weighted by atomic mass is 16.6. The number of carbonyl (C=O) groups is 2. The van der Waals surface area contributed by atoms with Gasteiger partial charge >= 0.3 is 5.97 Å². The van der Waals surface area contributed by atoms with E-state index < -0.39 is 5.97 Å². The molecule has 0 atom stereocenters. The van der Waals surface area contributed by atoms with Gasteiger partial charge in [-0.05, 0) is 42.3 Å². The van der Waals surface area contributed by atoms with Crippen LogP contribution in [0.5, 0.6) is 17.2 Å². The minimum Gasteiger partial charge on any atom is -0.486 e. The third kappa shape index (κ3) is 4.53. The van der Waals surface area contributed by atoms with E-state index in [1.807, 2.05) is 12.1 Å². The van der Waals surface area contributed by atoms with Crippen LogP contribution in [0.25, 0.3) is 0 Å². The average molecular weight is 356 g/mol. The maximum absolute atomic E-state index is 12.2. The fourth-order valence-corrected chi connectivity index (χ4v) is 2.45. The van der Waals surface area contributed by atoms with E-state index in [2.05, 4.69) is 6.92 Å². The number of hydrogen-bond donors (Lipinski definition) is 0. The molecule has 0 fully saturated rings. The fourth-order valence-electron chi connectivity index (χ4n) is 2.45. The number of hydrogen-bond acceptors (Lipinski definition) is 6. The van der Waals surface area contributed by atoms with E-state index in [4.69, 9.17) is 18.9 Å². The monoisotopic (exact) mass is 356 g/mol. The first-order valence-corrected chi connectivity index (χ1v) is 8.46. The lowest BCUT2D eigenvalue weighted by atomic mass is 10.1. The number of fused-ring (bicyclic) bond motifs is 1. The molecule has 2 aromatic carbocycles. The third-order valence-corrected chi connectivity index (χ3v) is 3.92. The zero-order chi connectivity index (χ0) is 18.4. The molecule has 26 heavy (non-hydrogen) atoms. The van der Waals surface area contributed by atoms with Crippen LogP contribution in [-0.4, -0.2) is 38.2 Å². The first-order chi connectivity index (χ1) is 12.7. The van der Waals surface area contributed by atoms with Gasteiger partial charge in [0.05, 0.1) is 0 Å². The number of benzene rings is 2. The van der Waals surface area contributed by atoms with E-state index in [1.54, 1.807) is 30.3 Å². The molecule has 0 saturated carbocycles. The van der Waals surface area contributed by atoms with Crippen LogP contribution < -0.4 is 14.2 Å². The van der Waals surface area contributed by atoms with E-state index in [9.17, 15) is 9.59 Å². The first kappa shape index (κ1) is 17.8. The van der Waals surface area contributed by atoms with E-state index in [0.717, 1.165) is 6.42 Å². The van der Waals surface area contributed by atoms with Crippen LogP contribution in [0.15, 0.2) is 42.5 Å². The summed E-state index contributed by atoms with van der Waals surface area (Å²) in [4.78, 5) is 23.9. The van der Waals surface area contributed by atoms with Crippen molar-refractivity contribution in [3.63, 3.8) is 0 Å². The lowest BCUT2D eigenvalue weighted by Crippen LogP contribution is -2.20. The molecule has 1 heterocycles. The highest BCUT2D eigenvalue weighted by molar-refractivity contribution is 5.98. The highest BCUT2D eigenvalue weighted by Gasteiger charge is 2.16. The number of ether oxygens (including phenoxy) is 4. The Morgan fingerprint density at radius 2 is 1.69 bits per heavy atom. The summed E-state index contributed by atoms with van der Waals surface area (Å²) in [6.07, 6.45) is 0.935. The van der Waals surface area contributed by atoms with Crippen LogP contribution in [0.2, 0.25) is 0 Å². The Morgan fingerprint density at radius 3 is 2.42 bits per heavy atom. The van der Waals surface area contributed by atoms with Crippen LogP contribution in [0.4, 0.5) is 0 Å². The molecule has 1 aliphatic heterocycles. The Morgan fingerprint density at radius 1 is 0.962 bits per heavy atom. The van der Waals surface area contributed by atoms with Crippen LogP contribution in [0, 0.1) is 0 Å². The zero-order valence-corrected chi connectivity index (χ0v) is 14.5. The number of ketones is 1. The Hall–Kier alpha value is -3.02. The van der Waals surface area contributed by atoms with Crippen molar-refractivity contribution in [3.05, 3.63) is 53.6 Å². The minimum atomic E-state index is -0.601. The molecule has 1 aliphatic rings. The zero-order valence-electron chi connectivity index (χ0n) is 14.5. The maximum Gasteiger partial charge on any atom is 0.344 e. The molecule has 0 unspecified atom stereocenters. The molecule has 0 bridgehead atoms. The van der Waals surface area contributed by atoms with Crippen molar-refractivity contribution in [3.8, 4) is 17.2 Å². The Balaban J connectivity index is 1.47. The molecule has 0 saturated heterocycles. The van der Waals surface area contributed by atoms with Gasteiger partial charge in [-0.25, -0.2) is 4.79 Å². The van der Waals surface area contributed by atoms with Gasteiger partial charge < -0.3 is 18.9 Å². The van der Waals surface area contributed by atoms with Crippen LogP contribution in [0.3, 0.4) is 0 Å². The number of carbonyl (C=O) groups excluding carboxylic acids is 2. The number of rotatable bonds is 7. The summed E-state index contributed by atoms with van der Waals surface area (Å²) < 4.78 is 21.2. The van der Waals surface area contributed by atoms with Gasteiger partial charge in [-0.1, -0.05) is 19.1 Å². The number of Topliss-reactive ketones (excluding diaryl/α,β-unsaturated/α-hetero) is 1. The lowest BCUT2D eigenvalue weighted by Gasteiger charge is -2.18. The molecule has 0 aliphatic carbocycles. The van der Waals surface area contributed by atoms with E-state index in [1.165, 1.54) is 5.56 Å². The first-order valence-electron chi connectivity index (χ1n) is 8.46. The summed E-state index contributed by atoms with van der Waals surface area (Å²) in [7, 11) is 0. The smallest absolute Gasteiger partial charge is 0.344 e. The molecular weight excluding hydrogens is 336 g/mol. The molecule has 136 valence electrons.